The Kier molecular flexibility index (Phi) is 3.75. The number of rotatable bonds is 5. The Bertz CT molecular complexity index is 362. The topological polar surface area (TPSA) is 29.9 Å². The summed E-state index contributed by atoms with van der Waals surface area (Å²) in [5.41, 5.74) is 1.38. The van der Waals surface area contributed by atoms with Crippen LogP contribution in [0.25, 0.3) is 0 Å². The number of aryl methyl sites for hydroxylation is 2. The molecule has 17 heavy (non-hydrogen) atoms. The number of aromatic nitrogens is 2. The summed E-state index contributed by atoms with van der Waals surface area (Å²) in [6, 6.07) is 0. The van der Waals surface area contributed by atoms with Crippen LogP contribution in [0, 0.1) is 6.92 Å². The molecule has 1 aromatic rings. The summed E-state index contributed by atoms with van der Waals surface area (Å²) < 4.78 is 2.28. The third-order valence-electron chi connectivity index (χ3n) is 3.77. The minimum Gasteiger partial charge on any atom is -0.350 e. The van der Waals surface area contributed by atoms with Crippen molar-refractivity contribution in [3.63, 3.8) is 0 Å². The second-order valence-corrected chi connectivity index (χ2v) is 5.65. The van der Waals surface area contributed by atoms with Crippen LogP contribution in [0.15, 0.2) is 6.20 Å². The van der Waals surface area contributed by atoms with Crippen LogP contribution in [-0.2, 0) is 6.54 Å². The van der Waals surface area contributed by atoms with E-state index < -0.39 is 0 Å². The quantitative estimate of drug-likeness (QED) is 0.842. The maximum Gasteiger partial charge on any atom is 0.203 e. The molecule has 96 valence electrons. The highest BCUT2D eigenvalue weighted by molar-refractivity contribution is 5.33. The van der Waals surface area contributed by atoms with E-state index in [0.717, 1.165) is 18.2 Å². The van der Waals surface area contributed by atoms with Gasteiger partial charge in [0.25, 0.3) is 0 Å². The molecule has 1 aliphatic carbocycles. The van der Waals surface area contributed by atoms with Crippen molar-refractivity contribution < 1.29 is 0 Å². The van der Waals surface area contributed by atoms with Gasteiger partial charge in [-0.15, -0.1) is 0 Å². The minimum absolute atomic E-state index is 0.266. The Morgan fingerprint density at radius 2 is 2.12 bits per heavy atom. The van der Waals surface area contributed by atoms with Crippen molar-refractivity contribution in [1.82, 2.24) is 9.55 Å². The minimum atomic E-state index is 0.266. The highest BCUT2D eigenvalue weighted by Crippen LogP contribution is 2.32. The molecule has 1 heterocycles. The first-order chi connectivity index (χ1) is 8.13. The molecule has 0 atom stereocenters. The number of unbranched alkanes of at least 4 members (excludes halogenated alkanes) is 1. The Labute approximate surface area is 105 Å². The number of imidazole rings is 1. The molecule has 3 nitrogen and oxygen atoms in total. The molecule has 1 fully saturated rings. The molecule has 0 saturated heterocycles. The molecule has 1 aliphatic rings. The fourth-order valence-electron chi connectivity index (χ4n) is 2.70. The summed E-state index contributed by atoms with van der Waals surface area (Å²) in [6.45, 7) is 7.71. The van der Waals surface area contributed by atoms with Crippen LogP contribution in [-0.4, -0.2) is 15.1 Å². The normalized spacial score (nSPS) is 18.5. The first-order valence-electron chi connectivity index (χ1n) is 6.95. The summed E-state index contributed by atoms with van der Waals surface area (Å²) in [6.07, 6.45) is 9.85. The van der Waals surface area contributed by atoms with Crippen molar-refractivity contribution >= 4 is 5.95 Å². The second-order valence-electron chi connectivity index (χ2n) is 5.65. The molecule has 0 radical (unpaired) electrons. The Morgan fingerprint density at radius 1 is 1.41 bits per heavy atom. The smallest absolute Gasteiger partial charge is 0.203 e. The SMILES string of the molecule is CCCCn1cc(C)nc1NC1(C)CCCC1. The highest BCUT2D eigenvalue weighted by atomic mass is 15.2. The maximum atomic E-state index is 4.62. The first-order valence-corrected chi connectivity index (χ1v) is 6.95. The fourth-order valence-corrected chi connectivity index (χ4v) is 2.70. The highest BCUT2D eigenvalue weighted by Gasteiger charge is 2.29. The predicted octanol–water partition coefficient (Wildman–Crippen LogP) is 3.74. The Balaban J connectivity index is 2.08. The zero-order valence-electron chi connectivity index (χ0n) is 11.4. The molecule has 1 saturated carbocycles. The van der Waals surface area contributed by atoms with E-state index >= 15 is 0 Å². The first kappa shape index (κ1) is 12.5. The molecular weight excluding hydrogens is 210 g/mol. The van der Waals surface area contributed by atoms with Crippen LogP contribution in [0.3, 0.4) is 0 Å². The molecule has 2 rings (SSSR count). The third kappa shape index (κ3) is 3.02. The van der Waals surface area contributed by atoms with Gasteiger partial charge in [-0.25, -0.2) is 4.98 Å². The zero-order valence-corrected chi connectivity index (χ0v) is 11.4. The molecule has 0 bridgehead atoms. The van der Waals surface area contributed by atoms with Crippen LogP contribution in [0.2, 0.25) is 0 Å². The van der Waals surface area contributed by atoms with Crippen LogP contribution < -0.4 is 5.32 Å². The number of hydrogen-bond donors (Lipinski definition) is 1. The van der Waals surface area contributed by atoms with Crippen molar-refractivity contribution in [2.24, 2.45) is 0 Å². The molecule has 0 aliphatic heterocycles. The lowest BCUT2D eigenvalue weighted by Crippen LogP contribution is -2.32. The van der Waals surface area contributed by atoms with E-state index in [1.807, 2.05) is 0 Å². The number of hydrogen-bond acceptors (Lipinski definition) is 2. The van der Waals surface area contributed by atoms with Crippen molar-refractivity contribution in [2.45, 2.75) is 71.4 Å². The lowest BCUT2D eigenvalue weighted by molar-refractivity contribution is 0.518. The lowest BCUT2D eigenvalue weighted by Gasteiger charge is -2.26. The van der Waals surface area contributed by atoms with Gasteiger partial charge in [-0.2, -0.15) is 0 Å². The number of nitrogens with one attached hydrogen (secondary N) is 1. The van der Waals surface area contributed by atoms with Crippen LogP contribution in [0.1, 0.15) is 58.1 Å². The third-order valence-corrected chi connectivity index (χ3v) is 3.77. The van der Waals surface area contributed by atoms with Crippen molar-refractivity contribution in [2.75, 3.05) is 5.32 Å². The molecule has 0 unspecified atom stereocenters. The van der Waals surface area contributed by atoms with Gasteiger partial charge in [-0.1, -0.05) is 26.2 Å². The summed E-state index contributed by atoms with van der Waals surface area (Å²) in [5, 5.41) is 3.67. The van der Waals surface area contributed by atoms with E-state index in [1.54, 1.807) is 0 Å². The predicted molar refractivity (Wildman–Crippen MR) is 72.4 cm³/mol. The average molecular weight is 235 g/mol. The van der Waals surface area contributed by atoms with Gasteiger partial charge in [-0.3, -0.25) is 0 Å². The van der Waals surface area contributed by atoms with Crippen molar-refractivity contribution in [3.8, 4) is 0 Å². The van der Waals surface area contributed by atoms with Crippen molar-refractivity contribution in [1.29, 1.82) is 0 Å². The standard InChI is InChI=1S/C14H25N3/c1-4-5-10-17-11-12(2)15-13(17)16-14(3)8-6-7-9-14/h11H,4-10H2,1-3H3,(H,15,16). The largest absolute Gasteiger partial charge is 0.350 e. The fraction of sp³-hybridized carbons (Fsp3) is 0.786. The Hall–Kier alpha value is -0.990. The van der Waals surface area contributed by atoms with Gasteiger partial charge < -0.3 is 9.88 Å². The van der Waals surface area contributed by atoms with E-state index in [1.165, 1.54) is 38.5 Å². The van der Waals surface area contributed by atoms with Crippen LogP contribution in [0.4, 0.5) is 5.95 Å². The second kappa shape index (κ2) is 5.11. The summed E-state index contributed by atoms with van der Waals surface area (Å²) in [7, 11) is 0. The monoisotopic (exact) mass is 235 g/mol. The van der Waals surface area contributed by atoms with E-state index in [2.05, 4.69) is 41.8 Å². The summed E-state index contributed by atoms with van der Waals surface area (Å²) >= 11 is 0. The molecular formula is C14H25N3. The molecule has 0 aromatic carbocycles. The molecule has 0 amide bonds. The molecule has 0 spiro atoms. The number of nitrogens with zero attached hydrogens (tertiary/aromatic N) is 2. The van der Waals surface area contributed by atoms with Gasteiger partial charge in [-0.05, 0) is 33.1 Å². The lowest BCUT2D eigenvalue weighted by atomic mass is 10.0. The van der Waals surface area contributed by atoms with Gasteiger partial charge in [0.1, 0.15) is 0 Å². The van der Waals surface area contributed by atoms with Gasteiger partial charge in [0.15, 0.2) is 0 Å². The Morgan fingerprint density at radius 3 is 2.76 bits per heavy atom. The van der Waals surface area contributed by atoms with E-state index in [0.29, 0.717) is 0 Å². The maximum absolute atomic E-state index is 4.62. The van der Waals surface area contributed by atoms with Gasteiger partial charge >= 0.3 is 0 Å². The van der Waals surface area contributed by atoms with Gasteiger partial charge in [0, 0.05) is 18.3 Å². The summed E-state index contributed by atoms with van der Waals surface area (Å²) in [5.74, 6) is 1.07. The zero-order chi connectivity index (χ0) is 12.3. The van der Waals surface area contributed by atoms with Gasteiger partial charge in [0.2, 0.25) is 5.95 Å². The van der Waals surface area contributed by atoms with E-state index in [-0.39, 0.29) is 5.54 Å². The van der Waals surface area contributed by atoms with Crippen LogP contribution in [0.5, 0.6) is 0 Å². The van der Waals surface area contributed by atoms with Crippen molar-refractivity contribution in [3.05, 3.63) is 11.9 Å². The van der Waals surface area contributed by atoms with E-state index in [4.69, 9.17) is 0 Å². The average Bonchev–Trinajstić information content (AvgIpc) is 2.83. The number of anilines is 1. The van der Waals surface area contributed by atoms with Crippen LogP contribution >= 0.6 is 0 Å². The molecule has 1 N–H and O–H groups in total. The molecule has 3 heteroatoms. The van der Waals surface area contributed by atoms with Gasteiger partial charge in [0.05, 0.1) is 5.69 Å². The van der Waals surface area contributed by atoms with E-state index in [9.17, 15) is 0 Å². The summed E-state index contributed by atoms with van der Waals surface area (Å²) in [4.78, 5) is 4.62. The molecule has 1 aromatic heterocycles.